The number of anilines is 1. The zero-order valence-corrected chi connectivity index (χ0v) is 26.2. The number of urea groups is 1. The Morgan fingerprint density at radius 2 is 1.67 bits per heavy atom. The van der Waals surface area contributed by atoms with E-state index in [4.69, 9.17) is 4.74 Å². The summed E-state index contributed by atoms with van der Waals surface area (Å²) in [4.78, 5) is 55.9. The molecule has 0 aliphatic carbocycles. The molecule has 2 heterocycles. The van der Waals surface area contributed by atoms with Gasteiger partial charge in [0.1, 0.15) is 11.6 Å². The number of carbonyl (C=O) groups excluding carboxylic acids is 2. The first-order valence-electron chi connectivity index (χ1n) is 14.6. The van der Waals surface area contributed by atoms with Crippen LogP contribution >= 0.6 is 0 Å². The Hall–Kier alpha value is -5.49. The smallest absolute Gasteiger partial charge is 0.325 e. The van der Waals surface area contributed by atoms with Gasteiger partial charge in [0, 0.05) is 56.4 Å². The number of rotatable bonds is 9. The van der Waals surface area contributed by atoms with E-state index in [1.54, 1.807) is 26.4 Å². The van der Waals surface area contributed by atoms with Gasteiger partial charge in [-0.25, -0.2) is 14.0 Å². The highest BCUT2D eigenvalue weighted by molar-refractivity contribution is 6.06. The molecule has 3 aromatic carbocycles. The molecule has 46 heavy (non-hydrogen) atoms. The highest BCUT2D eigenvalue weighted by Crippen LogP contribution is 2.37. The molecule has 0 spiro atoms. The number of aromatic amines is 2. The SMILES string of the molecule is COc1cc(-c2cccc(-c3cccc(NC(=O)C4=CN(C)C(=O)N(C)C4)c3C)c2C)cc(F)c1CNCc1c[nH]c(=O)[nH]c1=O. The lowest BCUT2D eigenvalue weighted by Gasteiger charge is -2.29. The minimum Gasteiger partial charge on any atom is -0.496 e. The molecule has 1 aromatic heterocycles. The summed E-state index contributed by atoms with van der Waals surface area (Å²) < 4.78 is 21.1. The van der Waals surface area contributed by atoms with Crippen LogP contribution in [0.2, 0.25) is 0 Å². The van der Waals surface area contributed by atoms with Gasteiger partial charge in [-0.2, -0.15) is 0 Å². The molecule has 0 fully saturated rings. The molecule has 0 radical (unpaired) electrons. The lowest BCUT2D eigenvalue weighted by molar-refractivity contribution is -0.113. The van der Waals surface area contributed by atoms with E-state index in [1.165, 1.54) is 29.2 Å². The summed E-state index contributed by atoms with van der Waals surface area (Å²) in [6.45, 7) is 4.30. The maximum atomic E-state index is 15.6. The van der Waals surface area contributed by atoms with Crippen molar-refractivity contribution in [2.75, 3.05) is 33.1 Å². The number of likely N-dealkylation sites (N-methyl/N-ethyl adjacent to an activating group) is 1. The van der Waals surface area contributed by atoms with E-state index in [1.807, 2.05) is 50.2 Å². The Bertz CT molecular complexity index is 1980. The summed E-state index contributed by atoms with van der Waals surface area (Å²) in [5.41, 5.74) is 5.64. The van der Waals surface area contributed by atoms with Gasteiger partial charge < -0.3 is 30.2 Å². The summed E-state index contributed by atoms with van der Waals surface area (Å²) in [5.74, 6) is -0.420. The second kappa shape index (κ2) is 13.2. The number of carbonyl (C=O) groups is 2. The molecule has 4 N–H and O–H groups in total. The van der Waals surface area contributed by atoms with Crippen molar-refractivity contribution >= 4 is 17.6 Å². The van der Waals surface area contributed by atoms with E-state index in [0.29, 0.717) is 33.7 Å². The summed E-state index contributed by atoms with van der Waals surface area (Å²) in [5, 5.41) is 6.03. The van der Waals surface area contributed by atoms with E-state index in [-0.39, 0.29) is 31.6 Å². The standard InChI is InChI=1S/C34H35FN6O5/c1-19-24(21-12-28(35)27(30(13-21)46-5)16-36-14-22-15-37-33(44)39-31(22)42)8-6-9-25(19)26-10-7-11-29(20(26)2)38-32(43)23-17-40(3)34(45)41(4)18-23/h6-13,15,17,36H,14,16,18H2,1-5H3,(H,38,43)(H2,37,39,42,44). The molecular formula is C34H35FN6O5. The van der Waals surface area contributed by atoms with Gasteiger partial charge in [-0.3, -0.25) is 14.6 Å². The van der Waals surface area contributed by atoms with Gasteiger partial charge in [-0.15, -0.1) is 0 Å². The largest absolute Gasteiger partial charge is 0.496 e. The quantitative estimate of drug-likeness (QED) is 0.219. The normalized spacial score (nSPS) is 13.1. The molecule has 3 amide bonds. The minimum absolute atomic E-state index is 0.0877. The first kappa shape index (κ1) is 31.9. The third kappa shape index (κ3) is 6.47. The summed E-state index contributed by atoms with van der Waals surface area (Å²) in [7, 11) is 4.73. The number of methoxy groups -OCH3 is 1. The molecule has 0 saturated carbocycles. The van der Waals surface area contributed by atoms with Crippen molar-refractivity contribution in [1.82, 2.24) is 25.1 Å². The summed E-state index contributed by atoms with van der Waals surface area (Å²) >= 11 is 0. The van der Waals surface area contributed by atoms with Gasteiger partial charge in [0.2, 0.25) is 0 Å². The molecule has 1 aliphatic heterocycles. The molecule has 5 rings (SSSR count). The monoisotopic (exact) mass is 626 g/mol. The van der Waals surface area contributed by atoms with Gasteiger partial charge >= 0.3 is 11.7 Å². The van der Waals surface area contributed by atoms with Crippen molar-refractivity contribution in [3.05, 3.63) is 115 Å². The summed E-state index contributed by atoms with van der Waals surface area (Å²) in [6, 6.07) is 14.5. The van der Waals surface area contributed by atoms with Crippen molar-refractivity contribution in [3.8, 4) is 28.0 Å². The second-order valence-corrected chi connectivity index (χ2v) is 11.2. The second-order valence-electron chi connectivity index (χ2n) is 11.2. The number of hydrogen-bond acceptors (Lipinski definition) is 6. The lowest BCUT2D eigenvalue weighted by Crippen LogP contribution is -2.43. The zero-order chi connectivity index (χ0) is 33.1. The Labute approximate surface area is 264 Å². The molecule has 0 bridgehead atoms. The third-order valence-corrected chi connectivity index (χ3v) is 8.08. The number of aromatic nitrogens is 2. The number of hydrogen-bond donors (Lipinski definition) is 4. The van der Waals surface area contributed by atoms with Crippen LogP contribution in [0.3, 0.4) is 0 Å². The number of amides is 3. The van der Waals surface area contributed by atoms with Crippen LogP contribution in [-0.2, 0) is 17.9 Å². The van der Waals surface area contributed by atoms with Crippen LogP contribution in [-0.4, -0.2) is 59.5 Å². The Balaban J connectivity index is 1.40. The van der Waals surface area contributed by atoms with Gasteiger partial charge in [0.15, 0.2) is 0 Å². The maximum absolute atomic E-state index is 15.6. The van der Waals surface area contributed by atoms with E-state index < -0.39 is 17.1 Å². The van der Waals surface area contributed by atoms with Crippen LogP contribution in [0.4, 0.5) is 14.9 Å². The van der Waals surface area contributed by atoms with Crippen molar-refractivity contribution in [2.24, 2.45) is 0 Å². The fourth-order valence-corrected chi connectivity index (χ4v) is 5.57. The highest BCUT2D eigenvalue weighted by atomic mass is 19.1. The van der Waals surface area contributed by atoms with Gasteiger partial charge in [-0.05, 0) is 65.4 Å². The average Bonchev–Trinajstić information content (AvgIpc) is 3.02. The molecule has 238 valence electrons. The van der Waals surface area contributed by atoms with Crippen LogP contribution < -0.4 is 26.6 Å². The lowest BCUT2D eigenvalue weighted by atomic mass is 9.90. The fourth-order valence-electron chi connectivity index (χ4n) is 5.57. The molecule has 11 nitrogen and oxygen atoms in total. The fraction of sp³-hybridized carbons (Fsp3) is 0.235. The number of H-pyrrole nitrogens is 2. The van der Waals surface area contributed by atoms with Crippen LogP contribution in [0.25, 0.3) is 22.3 Å². The first-order valence-corrected chi connectivity index (χ1v) is 14.6. The summed E-state index contributed by atoms with van der Waals surface area (Å²) in [6.07, 6.45) is 2.87. The number of nitrogens with one attached hydrogen (secondary N) is 4. The Morgan fingerprint density at radius 1 is 0.978 bits per heavy atom. The van der Waals surface area contributed by atoms with E-state index in [9.17, 15) is 19.2 Å². The number of nitrogens with zero attached hydrogens (tertiary/aromatic N) is 2. The molecular weight excluding hydrogens is 591 g/mol. The van der Waals surface area contributed by atoms with E-state index >= 15 is 4.39 Å². The van der Waals surface area contributed by atoms with Gasteiger partial charge in [-0.1, -0.05) is 30.3 Å². The van der Waals surface area contributed by atoms with Crippen LogP contribution in [0.15, 0.2) is 76.1 Å². The van der Waals surface area contributed by atoms with E-state index in [2.05, 4.69) is 20.6 Å². The Kier molecular flexibility index (Phi) is 9.19. The third-order valence-electron chi connectivity index (χ3n) is 8.08. The molecule has 1 aliphatic rings. The van der Waals surface area contributed by atoms with Crippen molar-refractivity contribution < 1.29 is 18.7 Å². The molecule has 0 atom stereocenters. The molecule has 0 unspecified atom stereocenters. The van der Waals surface area contributed by atoms with E-state index in [0.717, 1.165) is 27.8 Å². The maximum Gasteiger partial charge on any atom is 0.325 e. The number of benzene rings is 3. The van der Waals surface area contributed by atoms with Crippen LogP contribution in [0.1, 0.15) is 22.3 Å². The van der Waals surface area contributed by atoms with Crippen LogP contribution in [0, 0.1) is 19.7 Å². The highest BCUT2D eigenvalue weighted by Gasteiger charge is 2.25. The molecule has 0 saturated heterocycles. The average molecular weight is 627 g/mol. The zero-order valence-electron chi connectivity index (χ0n) is 26.2. The first-order chi connectivity index (χ1) is 22.0. The number of ether oxygens (including phenoxy) is 1. The minimum atomic E-state index is -0.598. The topological polar surface area (TPSA) is 140 Å². The van der Waals surface area contributed by atoms with Crippen molar-refractivity contribution in [3.63, 3.8) is 0 Å². The predicted molar refractivity (Wildman–Crippen MR) is 174 cm³/mol. The Morgan fingerprint density at radius 3 is 2.37 bits per heavy atom. The molecule has 4 aromatic rings. The van der Waals surface area contributed by atoms with Crippen molar-refractivity contribution in [2.45, 2.75) is 26.9 Å². The van der Waals surface area contributed by atoms with Gasteiger partial charge in [0.25, 0.3) is 11.5 Å². The van der Waals surface area contributed by atoms with Crippen LogP contribution in [0.5, 0.6) is 5.75 Å². The molecule has 12 heteroatoms. The van der Waals surface area contributed by atoms with Gasteiger partial charge in [0.05, 0.1) is 19.2 Å². The predicted octanol–water partition coefficient (Wildman–Crippen LogP) is 4.27. The van der Waals surface area contributed by atoms with Crippen molar-refractivity contribution in [1.29, 1.82) is 0 Å². The number of halogens is 1.